The second-order valence-corrected chi connectivity index (χ2v) is 11.8. The van der Waals surface area contributed by atoms with E-state index in [1.165, 1.54) is 0 Å². The minimum Gasteiger partial charge on any atom is -0.335 e. The number of amides is 2. The van der Waals surface area contributed by atoms with Crippen molar-refractivity contribution in [3.8, 4) is 6.07 Å². The first-order valence-corrected chi connectivity index (χ1v) is 13.5. The number of carbonyl (C=O) groups excluding carboxylic acids is 2. The number of benzene rings is 1. The minimum atomic E-state index is -3.17. The van der Waals surface area contributed by atoms with Crippen molar-refractivity contribution in [1.82, 2.24) is 15.5 Å². The second kappa shape index (κ2) is 8.85. The molecule has 38 heavy (non-hydrogen) atoms. The fourth-order valence-electron chi connectivity index (χ4n) is 7.65. The van der Waals surface area contributed by atoms with E-state index in [0.29, 0.717) is 55.2 Å². The summed E-state index contributed by atoms with van der Waals surface area (Å²) in [6, 6.07) is 9.01. The highest BCUT2D eigenvalue weighted by Gasteiger charge is 2.70. The Morgan fingerprint density at radius 2 is 2.03 bits per heavy atom. The molecule has 0 saturated heterocycles. The lowest BCUT2D eigenvalue weighted by Crippen LogP contribution is -2.61. The third-order valence-corrected chi connectivity index (χ3v) is 9.71. The van der Waals surface area contributed by atoms with Gasteiger partial charge in [-0.3, -0.25) is 9.69 Å². The van der Waals surface area contributed by atoms with E-state index in [9.17, 15) is 23.6 Å². The second-order valence-electron chi connectivity index (χ2n) is 11.8. The molecule has 4 aliphatic carbocycles. The van der Waals surface area contributed by atoms with Crippen molar-refractivity contribution in [3.05, 3.63) is 41.5 Å². The summed E-state index contributed by atoms with van der Waals surface area (Å²) in [4.78, 5) is 31.3. The van der Waals surface area contributed by atoms with Gasteiger partial charge in [0.05, 0.1) is 11.6 Å². The molecule has 1 aromatic carbocycles. The molecule has 2 aromatic rings. The summed E-state index contributed by atoms with van der Waals surface area (Å²) in [6.45, 7) is 1.28. The predicted molar refractivity (Wildman–Crippen MR) is 132 cm³/mol. The SMILES string of the molecule is CC(F)(F)c1nc(C23CCC4(CN(C(=O)NC5CCC(=O)CC5)c5cccc(C#N)c5)CCC2C4C3)no1. The van der Waals surface area contributed by atoms with Crippen LogP contribution in [0.15, 0.2) is 28.8 Å². The summed E-state index contributed by atoms with van der Waals surface area (Å²) < 4.78 is 32.5. The van der Waals surface area contributed by atoms with Crippen molar-refractivity contribution in [2.45, 2.75) is 82.1 Å². The third kappa shape index (κ3) is 3.98. The Balaban J connectivity index is 1.24. The van der Waals surface area contributed by atoms with Gasteiger partial charge in [0.15, 0.2) is 5.82 Å². The van der Waals surface area contributed by atoms with E-state index < -0.39 is 11.8 Å². The van der Waals surface area contributed by atoms with E-state index in [1.54, 1.807) is 23.1 Å². The number of nitrogens with zero attached hydrogens (tertiary/aromatic N) is 4. The number of nitrogens with one attached hydrogen (secondary N) is 1. The average molecular weight is 524 g/mol. The Bertz CT molecular complexity index is 1300. The van der Waals surface area contributed by atoms with Gasteiger partial charge in [0.1, 0.15) is 5.78 Å². The number of alkyl halides is 2. The maximum Gasteiger partial charge on any atom is 0.322 e. The lowest BCUT2D eigenvalue weighted by atomic mass is 9.43. The van der Waals surface area contributed by atoms with E-state index in [-0.39, 0.29) is 34.6 Å². The van der Waals surface area contributed by atoms with Crippen LogP contribution in [0.3, 0.4) is 0 Å². The Morgan fingerprint density at radius 3 is 2.71 bits per heavy atom. The number of urea groups is 1. The van der Waals surface area contributed by atoms with E-state index in [4.69, 9.17) is 4.52 Å². The van der Waals surface area contributed by atoms with E-state index >= 15 is 0 Å². The number of nitriles is 1. The van der Waals surface area contributed by atoms with Gasteiger partial charge in [-0.1, -0.05) is 11.2 Å². The number of rotatable bonds is 6. The molecule has 10 heteroatoms. The molecule has 4 fully saturated rings. The summed E-state index contributed by atoms with van der Waals surface area (Å²) >= 11 is 0. The quantitative estimate of drug-likeness (QED) is 0.555. The van der Waals surface area contributed by atoms with Crippen LogP contribution in [0.1, 0.15) is 82.0 Å². The normalized spacial score (nSPS) is 30.4. The average Bonchev–Trinajstić information content (AvgIpc) is 3.47. The third-order valence-electron chi connectivity index (χ3n) is 9.71. The zero-order chi connectivity index (χ0) is 26.7. The lowest BCUT2D eigenvalue weighted by Gasteiger charge is -2.61. The van der Waals surface area contributed by atoms with Gasteiger partial charge in [0.25, 0.3) is 5.89 Å². The van der Waals surface area contributed by atoms with Crippen LogP contribution in [0.4, 0.5) is 19.3 Å². The van der Waals surface area contributed by atoms with Crippen LogP contribution in [0.25, 0.3) is 0 Å². The Kier molecular flexibility index (Phi) is 5.82. The molecular formula is C28H31F2N5O3. The van der Waals surface area contributed by atoms with Crippen molar-refractivity contribution in [3.63, 3.8) is 0 Å². The molecule has 1 aromatic heterocycles. The number of carbonyl (C=O) groups is 2. The van der Waals surface area contributed by atoms with Crippen LogP contribution in [-0.4, -0.2) is 34.5 Å². The number of ketones is 1. The fraction of sp³-hybridized carbons (Fsp3) is 0.607. The Labute approximate surface area is 219 Å². The lowest BCUT2D eigenvalue weighted by molar-refractivity contribution is -0.120. The van der Waals surface area contributed by atoms with Crippen molar-refractivity contribution in [2.75, 3.05) is 11.4 Å². The first-order valence-electron chi connectivity index (χ1n) is 13.5. The van der Waals surface area contributed by atoms with Gasteiger partial charge in [-0.15, -0.1) is 0 Å². The molecule has 200 valence electrons. The summed E-state index contributed by atoms with van der Waals surface area (Å²) in [7, 11) is 0. The van der Waals surface area contributed by atoms with Crippen LogP contribution in [0.5, 0.6) is 0 Å². The molecule has 1 heterocycles. The Hall–Kier alpha value is -3.35. The molecule has 1 N–H and O–H groups in total. The molecule has 2 amide bonds. The molecule has 4 atom stereocenters. The van der Waals surface area contributed by atoms with Crippen LogP contribution in [0, 0.1) is 28.6 Å². The van der Waals surface area contributed by atoms with E-state index in [0.717, 1.165) is 39.0 Å². The van der Waals surface area contributed by atoms with Gasteiger partial charge in [0, 0.05) is 43.5 Å². The number of halogens is 2. The monoisotopic (exact) mass is 523 g/mol. The van der Waals surface area contributed by atoms with Crippen LogP contribution in [-0.2, 0) is 16.1 Å². The number of aromatic nitrogens is 2. The van der Waals surface area contributed by atoms with Gasteiger partial charge in [-0.05, 0) is 80.4 Å². The maximum atomic E-state index is 13.8. The highest BCUT2D eigenvalue weighted by molar-refractivity contribution is 5.92. The van der Waals surface area contributed by atoms with Crippen molar-refractivity contribution < 1.29 is 22.9 Å². The fourth-order valence-corrected chi connectivity index (χ4v) is 7.65. The summed E-state index contributed by atoms with van der Waals surface area (Å²) in [5.41, 5.74) is 0.726. The number of Topliss-reactive ketones (excluding diaryl/α,β-unsaturated/α-hetero) is 1. The molecule has 4 bridgehead atoms. The number of anilines is 1. The molecule has 8 nitrogen and oxygen atoms in total. The minimum absolute atomic E-state index is 0.0532. The molecule has 0 radical (unpaired) electrons. The first-order chi connectivity index (χ1) is 18.1. The Morgan fingerprint density at radius 1 is 1.24 bits per heavy atom. The predicted octanol–water partition coefficient (Wildman–Crippen LogP) is 5.23. The van der Waals surface area contributed by atoms with Gasteiger partial charge in [-0.25, -0.2) is 4.79 Å². The molecule has 0 spiro atoms. The van der Waals surface area contributed by atoms with Crippen LogP contribution >= 0.6 is 0 Å². The smallest absolute Gasteiger partial charge is 0.322 e. The van der Waals surface area contributed by atoms with Crippen molar-refractivity contribution in [1.29, 1.82) is 5.26 Å². The van der Waals surface area contributed by atoms with Crippen molar-refractivity contribution >= 4 is 17.5 Å². The topological polar surface area (TPSA) is 112 Å². The highest BCUT2D eigenvalue weighted by atomic mass is 19.3. The molecule has 0 aliphatic heterocycles. The highest BCUT2D eigenvalue weighted by Crippen LogP contribution is 2.73. The maximum absolute atomic E-state index is 13.8. The summed E-state index contributed by atoms with van der Waals surface area (Å²) in [5.74, 6) is -2.57. The van der Waals surface area contributed by atoms with Gasteiger partial charge in [0.2, 0.25) is 0 Å². The molecule has 4 aliphatic rings. The molecule has 4 unspecified atom stereocenters. The zero-order valence-corrected chi connectivity index (χ0v) is 21.4. The van der Waals surface area contributed by atoms with Crippen LogP contribution < -0.4 is 10.2 Å². The van der Waals surface area contributed by atoms with E-state index in [2.05, 4.69) is 21.5 Å². The molecular weight excluding hydrogens is 492 g/mol. The standard InChI is InChI=1S/C28H31F2N5O3/c1-26(29,30)24-33-23(34-38-24)28-12-11-27(10-9-21(28)22(27)14-28)16-35(19-4-2-3-17(13-19)15-31)25(37)32-18-5-7-20(36)8-6-18/h2-4,13,18,21-22H,5-12,14,16H2,1H3,(H,32,37). The molecule has 6 rings (SSSR count). The number of hydrogen-bond donors (Lipinski definition) is 1. The summed E-state index contributed by atoms with van der Waals surface area (Å²) in [6.07, 6.45) is 6.48. The summed E-state index contributed by atoms with van der Waals surface area (Å²) in [5, 5.41) is 16.6. The van der Waals surface area contributed by atoms with E-state index in [1.807, 2.05) is 6.07 Å². The first kappa shape index (κ1) is 25.0. The van der Waals surface area contributed by atoms with Crippen molar-refractivity contribution in [2.24, 2.45) is 17.3 Å². The van der Waals surface area contributed by atoms with Gasteiger partial charge in [-0.2, -0.15) is 19.0 Å². The van der Waals surface area contributed by atoms with Gasteiger partial charge < -0.3 is 9.84 Å². The zero-order valence-electron chi connectivity index (χ0n) is 21.4. The largest absolute Gasteiger partial charge is 0.335 e. The van der Waals surface area contributed by atoms with Gasteiger partial charge >= 0.3 is 12.0 Å². The molecule has 4 saturated carbocycles. The number of hydrogen-bond acceptors (Lipinski definition) is 6. The van der Waals surface area contributed by atoms with Crippen LogP contribution in [0.2, 0.25) is 0 Å².